The van der Waals surface area contributed by atoms with Gasteiger partial charge in [-0.05, 0) is 55.6 Å². The number of amides is 1. The van der Waals surface area contributed by atoms with Crippen molar-refractivity contribution in [3.63, 3.8) is 0 Å². The van der Waals surface area contributed by atoms with Crippen LogP contribution < -0.4 is 0 Å². The highest BCUT2D eigenvalue weighted by Crippen LogP contribution is 2.33. The van der Waals surface area contributed by atoms with E-state index in [4.69, 9.17) is 0 Å². The molecule has 4 heterocycles. The number of nitrogens with zero attached hydrogens (tertiary/aromatic N) is 7. The molecule has 1 fully saturated rings. The van der Waals surface area contributed by atoms with Crippen LogP contribution in [0, 0.1) is 12.7 Å². The Bertz CT molecular complexity index is 1120. The Hall–Kier alpha value is -2.79. The largest absolute Gasteiger partial charge is 0.327 e. The number of aryl methyl sites for hydroxylation is 1. The van der Waals surface area contributed by atoms with Gasteiger partial charge in [0.1, 0.15) is 17.8 Å². The molecule has 0 bridgehead atoms. The molecule has 0 radical (unpaired) electrons. The number of carbonyl (C=O) groups excluding carboxylic acids is 1. The van der Waals surface area contributed by atoms with E-state index in [-0.39, 0.29) is 17.8 Å². The van der Waals surface area contributed by atoms with Crippen molar-refractivity contribution in [1.29, 1.82) is 0 Å². The Morgan fingerprint density at radius 3 is 2.69 bits per heavy atom. The van der Waals surface area contributed by atoms with Crippen LogP contribution in [-0.2, 0) is 6.54 Å². The highest BCUT2D eigenvalue weighted by atomic mass is 32.1. The van der Waals surface area contributed by atoms with Gasteiger partial charge in [-0.25, -0.2) is 13.8 Å². The zero-order valence-electron chi connectivity index (χ0n) is 17.6. The number of alkyl halides is 1. The fourth-order valence-electron chi connectivity index (χ4n) is 4.41. The summed E-state index contributed by atoms with van der Waals surface area (Å²) in [6.45, 7) is 4.59. The maximum absolute atomic E-state index is 13.7. The molecule has 3 aromatic rings. The van der Waals surface area contributed by atoms with Gasteiger partial charge < -0.3 is 14.4 Å². The van der Waals surface area contributed by atoms with Crippen LogP contribution in [0.2, 0.25) is 0 Å². The minimum Gasteiger partial charge on any atom is -0.327 e. The molecule has 1 saturated heterocycles. The number of halogens is 2. The van der Waals surface area contributed by atoms with Gasteiger partial charge in [0.15, 0.2) is 16.7 Å². The number of likely N-dealkylation sites (tertiary alicyclic amines) is 1. The van der Waals surface area contributed by atoms with Crippen LogP contribution in [0.3, 0.4) is 0 Å². The first-order chi connectivity index (χ1) is 15.5. The van der Waals surface area contributed by atoms with Gasteiger partial charge in [0.25, 0.3) is 5.91 Å². The van der Waals surface area contributed by atoms with Gasteiger partial charge in [0.2, 0.25) is 0 Å². The lowest BCUT2D eigenvalue weighted by Crippen LogP contribution is -2.43. The number of hydrogen-bond donors (Lipinski definition) is 0. The summed E-state index contributed by atoms with van der Waals surface area (Å²) >= 11 is 1.27. The number of hydrogen-bond acceptors (Lipinski definition) is 7. The van der Waals surface area contributed by atoms with Crippen molar-refractivity contribution in [2.45, 2.75) is 38.5 Å². The molecule has 5 rings (SSSR count). The average molecular weight is 460 g/mol. The van der Waals surface area contributed by atoms with Gasteiger partial charge in [-0.2, -0.15) is 4.37 Å². The summed E-state index contributed by atoms with van der Waals surface area (Å²) in [6, 6.07) is 5.25. The van der Waals surface area contributed by atoms with Gasteiger partial charge in [0.05, 0.1) is 6.04 Å². The molecular weight excluding hydrogens is 436 g/mol. The second kappa shape index (κ2) is 8.62. The molecule has 0 N–H and O–H groups in total. The summed E-state index contributed by atoms with van der Waals surface area (Å²) in [4.78, 5) is 21.6. The molecule has 0 aliphatic carbocycles. The predicted molar refractivity (Wildman–Crippen MR) is 114 cm³/mol. The van der Waals surface area contributed by atoms with Crippen LogP contribution in [0.4, 0.5) is 8.78 Å². The van der Waals surface area contributed by atoms with Crippen LogP contribution in [0.15, 0.2) is 24.3 Å². The Morgan fingerprint density at radius 1 is 1.19 bits per heavy atom. The van der Waals surface area contributed by atoms with E-state index in [1.165, 1.54) is 35.8 Å². The van der Waals surface area contributed by atoms with Crippen molar-refractivity contribution < 1.29 is 13.6 Å². The predicted octanol–water partition coefficient (Wildman–Crippen LogP) is 2.88. The normalized spacial score (nSPS) is 21.2. The second-order valence-corrected chi connectivity index (χ2v) is 8.93. The van der Waals surface area contributed by atoms with Crippen molar-refractivity contribution in [3.8, 4) is 10.8 Å². The van der Waals surface area contributed by atoms with Gasteiger partial charge in [0, 0.05) is 38.3 Å². The molecule has 1 aromatic carbocycles. The van der Waals surface area contributed by atoms with Crippen molar-refractivity contribution in [1.82, 2.24) is 33.9 Å². The third-order valence-electron chi connectivity index (χ3n) is 6.02. The summed E-state index contributed by atoms with van der Waals surface area (Å²) in [5.41, 5.74) is 0.425. The highest BCUT2D eigenvalue weighted by molar-refractivity contribution is 7.09. The first-order valence-corrected chi connectivity index (χ1v) is 11.4. The molecule has 8 nitrogen and oxygen atoms in total. The fraction of sp³-hybridized carbons (Fsp3) is 0.476. The van der Waals surface area contributed by atoms with Crippen LogP contribution in [0.1, 0.15) is 40.9 Å². The molecule has 2 aromatic heterocycles. The Labute approximate surface area is 188 Å². The monoisotopic (exact) mass is 459 g/mol. The standard InChI is InChI=1S/C21H23F2N7OS/c1-13-24-20(32-27-13)19-26-25-18-17(7-9-28-8-6-16(23)12-28)29(10-11-30(18)19)21(31)14-2-4-15(22)5-3-14/h2-5,16-17H,6-12H2,1H3/t16-,17?/m0/s1. The van der Waals surface area contributed by atoms with E-state index in [2.05, 4.69) is 24.5 Å². The van der Waals surface area contributed by atoms with E-state index < -0.39 is 6.17 Å². The van der Waals surface area contributed by atoms with Gasteiger partial charge in [-0.1, -0.05) is 0 Å². The lowest BCUT2D eigenvalue weighted by molar-refractivity contribution is 0.0590. The first-order valence-electron chi connectivity index (χ1n) is 10.7. The molecule has 1 unspecified atom stereocenters. The summed E-state index contributed by atoms with van der Waals surface area (Å²) in [7, 11) is 0. The van der Waals surface area contributed by atoms with E-state index in [0.717, 1.165) is 0 Å². The minimum atomic E-state index is -0.797. The number of carbonyl (C=O) groups is 1. The third-order valence-corrected chi connectivity index (χ3v) is 6.83. The number of benzene rings is 1. The Kier molecular flexibility index (Phi) is 5.68. The number of aromatic nitrogens is 5. The molecule has 0 saturated carbocycles. The lowest BCUT2D eigenvalue weighted by Gasteiger charge is -2.36. The third kappa shape index (κ3) is 4.02. The Morgan fingerprint density at radius 2 is 2.00 bits per heavy atom. The van der Waals surface area contributed by atoms with Crippen LogP contribution in [0.25, 0.3) is 10.8 Å². The summed E-state index contributed by atoms with van der Waals surface area (Å²) in [6.07, 6.45) is 0.348. The van der Waals surface area contributed by atoms with Crippen molar-refractivity contribution in [2.75, 3.05) is 26.2 Å². The molecular formula is C21H23F2N7OS. The van der Waals surface area contributed by atoms with Crippen LogP contribution in [0.5, 0.6) is 0 Å². The molecule has 0 spiro atoms. The van der Waals surface area contributed by atoms with Gasteiger partial charge in [-0.3, -0.25) is 4.79 Å². The maximum Gasteiger partial charge on any atom is 0.254 e. The number of fused-ring (bicyclic) bond motifs is 1. The Balaban J connectivity index is 1.45. The minimum absolute atomic E-state index is 0.178. The zero-order chi connectivity index (χ0) is 22.2. The topological polar surface area (TPSA) is 80.0 Å². The smallest absolute Gasteiger partial charge is 0.254 e. The van der Waals surface area contributed by atoms with Crippen molar-refractivity contribution in [2.24, 2.45) is 0 Å². The van der Waals surface area contributed by atoms with Crippen LogP contribution >= 0.6 is 11.5 Å². The van der Waals surface area contributed by atoms with E-state index in [1.54, 1.807) is 4.90 Å². The van der Waals surface area contributed by atoms with Crippen molar-refractivity contribution >= 4 is 17.4 Å². The molecule has 32 heavy (non-hydrogen) atoms. The lowest BCUT2D eigenvalue weighted by atomic mass is 10.1. The molecule has 11 heteroatoms. The molecule has 1 amide bonds. The first kappa shape index (κ1) is 21.1. The maximum atomic E-state index is 13.7. The van der Waals surface area contributed by atoms with E-state index >= 15 is 0 Å². The van der Waals surface area contributed by atoms with Gasteiger partial charge in [-0.15, -0.1) is 10.2 Å². The van der Waals surface area contributed by atoms with Crippen LogP contribution in [-0.4, -0.2) is 72.2 Å². The van der Waals surface area contributed by atoms with E-state index in [1.807, 2.05) is 11.5 Å². The number of rotatable bonds is 5. The molecule has 2 aliphatic heterocycles. The summed E-state index contributed by atoms with van der Waals surface area (Å²) in [5, 5.41) is 9.48. The van der Waals surface area contributed by atoms with Gasteiger partial charge >= 0.3 is 0 Å². The SMILES string of the molecule is Cc1nsc(-c2nnc3n2CCN(C(=O)c2ccc(F)cc2)C3CCN2CC[C@H](F)C2)n1. The molecule has 2 aliphatic rings. The summed E-state index contributed by atoms with van der Waals surface area (Å²) in [5.74, 6) is 1.45. The zero-order valence-corrected chi connectivity index (χ0v) is 18.4. The fourth-order valence-corrected chi connectivity index (χ4v) is 5.08. The molecule has 168 valence electrons. The van der Waals surface area contributed by atoms with E-state index in [9.17, 15) is 13.6 Å². The van der Waals surface area contributed by atoms with Crippen molar-refractivity contribution in [3.05, 3.63) is 47.3 Å². The highest BCUT2D eigenvalue weighted by Gasteiger charge is 2.36. The summed E-state index contributed by atoms with van der Waals surface area (Å²) < 4.78 is 33.3. The molecule has 2 atom stereocenters. The average Bonchev–Trinajstić information content (AvgIpc) is 3.51. The van der Waals surface area contributed by atoms with E-state index in [0.29, 0.717) is 73.6 Å². The quantitative estimate of drug-likeness (QED) is 0.584. The second-order valence-electron chi connectivity index (χ2n) is 8.18.